The summed E-state index contributed by atoms with van der Waals surface area (Å²) in [5, 5.41) is 10.4. The minimum atomic E-state index is -1.78. The van der Waals surface area contributed by atoms with Crippen molar-refractivity contribution in [2.45, 2.75) is 0 Å². The van der Waals surface area contributed by atoms with E-state index < -0.39 is 11.8 Å². The maximum atomic E-state index is 11.2. The number of Topliss-reactive ketones (excluding diaryl/α,β-unsaturated/α-hetero) is 1. The van der Waals surface area contributed by atoms with Crippen LogP contribution in [0.15, 0.2) is 18.2 Å². The number of methoxy groups -OCH3 is 2. The molecule has 0 unspecified atom stereocenters. The number of carboxylic acid groups (broad SMARTS) is 1. The molecule has 0 saturated carbocycles. The average molecular weight is 209 g/mol. The number of carbonyl (C=O) groups excluding carboxylic acids is 2. The van der Waals surface area contributed by atoms with Crippen LogP contribution in [0.1, 0.15) is 10.4 Å². The number of rotatable bonds is 4. The lowest BCUT2D eigenvalue weighted by molar-refractivity contribution is -0.296. The molecule has 0 heterocycles. The van der Waals surface area contributed by atoms with E-state index in [4.69, 9.17) is 9.47 Å². The van der Waals surface area contributed by atoms with Crippen molar-refractivity contribution in [3.63, 3.8) is 0 Å². The molecule has 0 saturated heterocycles. The fourth-order valence-electron chi connectivity index (χ4n) is 1.18. The van der Waals surface area contributed by atoms with Gasteiger partial charge in [-0.3, -0.25) is 4.79 Å². The lowest BCUT2D eigenvalue weighted by Gasteiger charge is -2.11. The number of benzene rings is 1. The van der Waals surface area contributed by atoms with E-state index in [1.807, 2.05) is 0 Å². The first-order valence-corrected chi connectivity index (χ1v) is 4.08. The maximum Gasteiger partial charge on any atom is 0.212 e. The summed E-state index contributed by atoms with van der Waals surface area (Å²) in [5.74, 6) is -2.52. The van der Waals surface area contributed by atoms with Crippen molar-refractivity contribution in [2.24, 2.45) is 0 Å². The Morgan fingerprint density at radius 1 is 1.20 bits per heavy atom. The van der Waals surface area contributed by atoms with Crippen molar-refractivity contribution in [3.8, 4) is 11.5 Å². The van der Waals surface area contributed by atoms with Crippen LogP contribution in [0.25, 0.3) is 0 Å². The Morgan fingerprint density at radius 3 is 2.33 bits per heavy atom. The molecule has 0 amide bonds. The van der Waals surface area contributed by atoms with E-state index in [1.165, 1.54) is 26.4 Å². The van der Waals surface area contributed by atoms with E-state index in [1.54, 1.807) is 6.07 Å². The van der Waals surface area contributed by atoms with Crippen LogP contribution in [-0.4, -0.2) is 26.0 Å². The van der Waals surface area contributed by atoms with Gasteiger partial charge in [0.2, 0.25) is 5.78 Å². The Labute approximate surface area is 86.2 Å². The van der Waals surface area contributed by atoms with E-state index in [-0.39, 0.29) is 11.3 Å². The van der Waals surface area contributed by atoms with Crippen LogP contribution < -0.4 is 14.6 Å². The lowest BCUT2D eigenvalue weighted by Crippen LogP contribution is -2.31. The fraction of sp³-hybridized carbons (Fsp3) is 0.200. The third-order valence-electron chi connectivity index (χ3n) is 1.83. The highest BCUT2D eigenvalue weighted by Gasteiger charge is 2.16. The zero-order valence-electron chi connectivity index (χ0n) is 8.27. The summed E-state index contributed by atoms with van der Waals surface area (Å²) in [6, 6.07) is 4.39. The van der Waals surface area contributed by atoms with Crippen molar-refractivity contribution in [2.75, 3.05) is 14.2 Å². The summed E-state index contributed by atoms with van der Waals surface area (Å²) in [6.07, 6.45) is 0. The molecule has 0 N–H and O–H groups in total. The van der Waals surface area contributed by atoms with E-state index in [2.05, 4.69) is 0 Å². The van der Waals surface area contributed by atoms with Crippen LogP contribution in [0, 0.1) is 0 Å². The van der Waals surface area contributed by atoms with Gasteiger partial charge in [-0.1, -0.05) is 6.07 Å². The second kappa shape index (κ2) is 4.45. The molecule has 80 valence electrons. The highest BCUT2D eigenvalue weighted by atomic mass is 16.5. The summed E-state index contributed by atoms with van der Waals surface area (Å²) in [4.78, 5) is 21.6. The molecule has 0 aliphatic heterocycles. The topological polar surface area (TPSA) is 75.7 Å². The van der Waals surface area contributed by atoms with Gasteiger partial charge in [-0.15, -0.1) is 0 Å². The molecule has 0 aromatic heterocycles. The van der Waals surface area contributed by atoms with Gasteiger partial charge in [0.05, 0.1) is 19.8 Å². The molecule has 5 heteroatoms. The van der Waals surface area contributed by atoms with Crippen LogP contribution in [0.2, 0.25) is 0 Å². The molecule has 1 aromatic rings. The number of hydrogen-bond acceptors (Lipinski definition) is 5. The molecule has 0 aliphatic rings. The third kappa shape index (κ3) is 2.07. The summed E-state index contributed by atoms with van der Waals surface area (Å²) in [7, 11) is 2.72. The molecule has 1 rings (SSSR count). The van der Waals surface area contributed by atoms with Gasteiger partial charge in [0.15, 0.2) is 11.5 Å². The first-order chi connectivity index (χ1) is 7.11. The summed E-state index contributed by atoms with van der Waals surface area (Å²) < 4.78 is 9.82. The van der Waals surface area contributed by atoms with Crippen molar-refractivity contribution in [1.82, 2.24) is 0 Å². The van der Waals surface area contributed by atoms with Gasteiger partial charge in [-0.25, -0.2) is 0 Å². The van der Waals surface area contributed by atoms with Crippen LogP contribution in [0.4, 0.5) is 0 Å². The minimum absolute atomic E-state index is 0.0862. The van der Waals surface area contributed by atoms with Gasteiger partial charge in [0, 0.05) is 0 Å². The van der Waals surface area contributed by atoms with Crippen LogP contribution >= 0.6 is 0 Å². The van der Waals surface area contributed by atoms with Crippen LogP contribution in [0.3, 0.4) is 0 Å². The number of ketones is 1. The zero-order chi connectivity index (χ0) is 11.4. The predicted octanol–water partition coefficient (Wildman–Crippen LogP) is -0.364. The van der Waals surface area contributed by atoms with Crippen molar-refractivity contribution in [3.05, 3.63) is 23.8 Å². The fourth-order valence-corrected chi connectivity index (χ4v) is 1.18. The van der Waals surface area contributed by atoms with Crippen molar-refractivity contribution < 1.29 is 24.2 Å². The molecule has 0 atom stereocenters. The van der Waals surface area contributed by atoms with Gasteiger partial charge in [-0.05, 0) is 12.1 Å². The first-order valence-electron chi connectivity index (χ1n) is 4.08. The van der Waals surface area contributed by atoms with Crippen molar-refractivity contribution in [1.29, 1.82) is 0 Å². The van der Waals surface area contributed by atoms with E-state index >= 15 is 0 Å². The van der Waals surface area contributed by atoms with E-state index in [0.717, 1.165) is 0 Å². The summed E-state index contributed by atoms with van der Waals surface area (Å²) in [6.45, 7) is 0. The monoisotopic (exact) mass is 209 g/mol. The Bertz CT molecular complexity index is 397. The second-order valence-corrected chi connectivity index (χ2v) is 2.66. The van der Waals surface area contributed by atoms with E-state index in [9.17, 15) is 14.7 Å². The predicted molar refractivity (Wildman–Crippen MR) is 48.9 cm³/mol. The molecule has 0 spiro atoms. The highest BCUT2D eigenvalue weighted by Crippen LogP contribution is 2.30. The number of aliphatic carboxylic acids is 1. The van der Waals surface area contributed by atoms with Crippen LogP contribution in [0.5, 0.6) is 11.5 Å². The third-order valence-corrected chi connectivity index (χ3v) is 1.83. The maximum absolute atomic E-state index is 11.2. The highest BCUT2D eigenvalue weighted by molar-refractivity contribution is 6.39. The largest absolute Gasteiger partial charge is 0.541 e. The molecule has 1 aromatic carbocycles. The lowest BCUT2D eigenvalue weighted by atomic mass is 10.1. The van der Waals surface area contributed by atoms with E-state index in [0.29, 0.717) is 5.75 Å². The molecule has 0 fully saturated rings. The Kier molecular flexibility index (Phi) is 3.28. The van der Waals surface area contributed by atoms with Gasteiger partial charge in [0.25, 0.3) is 0 Å². The number of para-hydroxylation sites is 1. The van der Waals surface area contributed by atoms with Gasteiger partial charge >= 0.3 is 0 Å². The van der Waals surface area contributed by atoms with Crippen molar-refractivity contribution >= 4 is 11.8 Å². The molecule has 0 bridgehead atoms. The Morgan fingerprint density at radius 2 is 1.87 bits per heavy atom. The normalized spacial score (nSPS) is 9.47. The van der Waals surface area contributed by atoms with Gasteiger partial charge < -0.3 is 19.4 Å². The minimum Gasteiger partial charge on any atom is -0.541 e. The number of hydrogen-bond donors (Lipinski definition) is 0. The molecule has 5 nitrogen and oxygen atoms in total. The van der Waals surface area contributed by atoms with Gasteiger partial charge in [0.1, 0.15) is 5.97 Å². The first kappa shape index (κ1) is 11.0. The Balaban J connectivity index is 3.29. The molecule has 15 heavy (non-hydrogen) atoms. The Hall–Kier alpha value is -2.04. The summed E-state index contributed by atoms with van der Waals surface area (Å²) >= 11 is 0. The molecule has 0 aliphatic carbocycles. The van der Waals surface area contributed by atoms with Gasteiger partial charge in [-0.2, -0.15) is 0 Å². The molecular formula is C10H9O5-. The van der Waals surface area contributed by atoms with Crippen LogP contribution in [-0.2, 0) is 4.79 Å². The number of ether oxygens (including phenoxy) is 2. The molecule has 0 radical (unpaired) electrons. The SMILES string of the molecule is COc1cccc(C(=O)C(=O)[O-])c1OC. The molecular weight excluding hydrogens is 200 g/mol. The number of carbonyl (C=O) groups is 2. The zero-order valence-corrected chi connectivity index (χ0v) is 8.27. The smallest absolute Gasteiger partial charge is 0.212 e. The quantitative estimate of drug-likeness (QED) is 0.499. The number of carboxylic acids is 1. The average Bonchev–Trinajstić information content (AvgIpc) is 2.26. The second-order valence-electron chi connectivity index (χ2n) is 2.66. The standard InChI is InChI=1S/C10H10O5/c1-14-7-5-3-4-6(9(7)15-2)8(11)10(12)13/h3-5H,1-2H3,(H,12,13)/p-1. The summed E-state index contributed by atoms with van der Waals surface area (Å²) in [5.41, 5.74) is -0.0862.